The molecule has 1 saturated heterocycles. The van der Waals surface area contributed by atoms with Gasteiger partial charge in [0.1, 0.15) is 0 Å². The van der Waals surface area contributed by atoms with Gasteiger partial charge in [0.2, 0.25) is 0 Å². The van der Waals surface area contributed by atoms with Crippen LogP contribution in [-0.4, -0.2) is 39.0 Å². The van der Waals surface area contributed by atoms with E-state index >= 15 is 0 Å². The molecule has 0 amide bonds. The van der Waals surface area contributed by atoms with Gasteiger partial charge in [0.25, 0.3) is 0 Å². The van der Waals surface area contributed by atoms with Crippen molar-refractivity contribution >= 4 is 22.8 Å². The summed E-state index contributed by atoms with van der Waals surface area (Å²) >= 11 is 1.36. The van der Waals surface area contributed by atoms with E-state index in [9.17, 15) is 0 Å². The average Bonchev–Trinajstić information content (AvgIpc) is 2.12. The van der Waals surface area contributed by atoms with Crippen molar-refractivity contribution in [1.29, 1.82) is 0 Å². The van der Waals surface area contributed by atoms with Crippen LogP contribution >= 0.6 is 0 Å². The molecule has 0 atom stereocenters. The van der Waals surface area contributed by atoms with E-state index in [0.29, 0.717) is 0 Å². The zero-order valence-electron chi connectivity index (χ0n) is 5.77. The Hall–Kier alpha value is 0.759. The predicted octanol–water partition coefficient (Wildman–Crippen LogP) is 0.678. The molecule has 0 unspecified atom stereocenters. The molecular formula is C7H13NSn. The predicted molar refractivity (Wildman–Crippen MR) is 39.6 cm³/mol. The van der Waals surface area contributed by atoms with Crippen LogP contribution in [0.15, 0.2) is 0 Å². The van der Waals surface area contributed by atoms with Crippen molar-refractivity contribution in [3.63, 3.8) is 0 Å². The molecule has 0 aromatic carbocycles. The van der Waals surface area contributed by atoms with Gasteiger partial charge in [-0.3, -0.25) is 0 Å². The first-order valence-electron chi connectivity index (χ1n) is 3.80. The van der Waals surface area contributed by atoms with Crippen molar-refractivity contribution in [2.75, 3.05) is 13.1 Å². The van der Waals surface area contributed by atoms with E-state index in [2.05, 4.69) is 3.12 Å². The Balaban J connectivity index is 1.95. The molecule has 0 bridgehead atoms. The van der Waals surface area contributed by atoms with Crippen LogP contribution in [0.2, 0.25) is 0 Å². The summed E-state index contributed by atoms with van der Waals surface area (Å²) in [6, 6.07) is 0. The third-order valence-electron chi connectivity index (χ3n) is 2.74. The van der Waals surface area contributed by atoms with Crippen LogP contribution in [0.3, 0.4) is 0 Å². The number of nitrogens with zero attached hydrogens (tertiary/aromatic N) is 1. The van der Waals surface area contributed by atoms with E-state index in [1.807, 2.05) is 0 Å². The van der Waals surface area contributed by atoms with E-state index in [1.54, 1.807) is 0 Å². The maximum atomic E-state index is 2.57. The van der Waals surface area contributed by atoms with Crippen LogP contribution in [0.1, 0.15) is 25.7 Å². The Morgan fingerprint density at radius 3 is 2.11 bits per heavy atom. The second kappa shape index (κ2) is 2.12. The van der Waals surface area contributed by atoms with Gasteiger partial charge in [0.15, 0.2) is 0 Å². The van der Waals surface area contributed by atoms with Crippen LogP contribution in [0.4, 0.5) is 0 Å². The molecule has 0 N–H and O–H groups in total. The first-order valence-corrected chi connectivity index (χ1v) is 5.28. The van der Waals surface area contributed by atoms with E-state index in [4.69, 9.17) is 0 Å². The molecule has 2 heteroatoms. The summed E-state index contributed by atoms with van der Waals surface area (Å²) in [6.07, 6.45) is 6.08. The molecule has 1 saturated carbocycles. The van der Waals surface area contributed by atoms with Gasteiger partial charge in [-0.2, -0.15) is 0 Å². The molecule has 9 heavy (non-hydrogen) atoms. The molecule has 1 heterocycles. The van der Waals surface area contributed by atoms with Gasteiger partial charge >= 0.3 is 70.1 Å². The van der Waals surface area contributed by atoms with Crippen LogP contribution in [-0.2, 0) is 0 Å². The van der Waals surface area contributed by atoms with Crippen LogP contribution in [0, 0.1) is 5.41 Å². The zero-order chi connectivity index (χ0) is 6.32. The van der Waals surface area contributed by atoms with Gasteiger partial charge in [-0.05, 0) is 0 Å². The quantitative estimate of drug-likeness (QED) is 0.553. The van der Waals surface area contributed by atoms with Crippen LogP contribution in [0.5, 0.6) is 0 Å². The summed E-state index contributed by atoms with van der Waals surface area (Å²) < 4.78 is 2.57. The Labute approximate surface area is 70.2 Å². The zero-order valence-corrected chi connectivity index (χ0v) is 9.06. The molecule has 1 aliphatic heterocycles. The molecule has 2 radical (unpaired) electrons. The average molecular weight is 230 g/mol. The van der Waals surface area contributed by atoms with Gasteiger partial charge in [0, 0.05) is 0 Å². The molecule has 2 fully saturated rings. The van der Waals surface area contributed by atoms with E-state index in [1.165, 1.54) is 61.6 Å². The topological polar surface area (TPSA) is 3.24 Å². The first-order chi connectivity index (χ1) is 4.31. The minimum absolute atomic E-state index is 0.847. The van der Waals surface area contributed by atoms with Crippen molar-refractivity contribution in [2.45, 2.75) is 25.7 Å². The minimum atomic E-state index is 0.847. The Bertz CT molecular complexity index is 110. The summed E-state index contributed by atoms with van der Waals surface area (Å²) in [6.45, 7) is 2.88. The molecule has 0 aromatic heterocycles. The Morgan fingerprint density at radius 1 is 1.11 bits per heavy atom. The second-order valence-electron chi connectivity index (χ2n) is 3.61. The molecule has 2 rings (SSSR count). The number of hydrogen-bond donors (Lipinski definition) is 0. The van der Waals surface area contributed by atoms with Crippen LogP contribution in [0.25, 0.3) is 0 Å². The monoisotopic (exact) mass is 231 g/mol. The summed E-state index contributed by atoms with van der Waals surface area (Å²) in [5.41, 5.74) is 0.847. The fourth-order valence-corrected chi connectivity index (χ4v) is 4.47. The normalized spacial score (nSPS) is 33.0. The van der Waals surface area contributed by atoms with E-state index < -0.39 is 0 Å². The number of hydrogen-bond acceptors (Lipinski definition) is 1. The van der Waals surface area contributed by atoms with E-state index in [-0.39, 0.29) is 0 Å². The fourth-order valence-electron chi connectivity index (χ4n) is 2.26. The molecule has 2 aliphatic rings. The summed E-state index contributed by atoms with van der Waals surface area (Å²) in [4.78, 5) is 0. The van der Waals surface area contributed by atoms with Crippen molar-refractivity contribution in [3.8, 4) is 0 Å². The summed E-state index contributed by atoms with van der Waals surface area (Å²) in [5.74, 6) is 0. The summed E-state index contributed by atoms with van der Waals surface area (Å²) in [5, 5.41) is 0. The van der Waals surface area contributed by atoms with Gasteiger partial charge in [-0.1, -0.05) is 0 Å². The molecule has 0 aromatic rings. The van der Waals surface area contributed by atoms with Crippen molar-refractivity contribution in [1.82, 2.24) is 3.12 Å². The van der Waals surface area contributed by atoms with Gasteiger partial charge in [-0.15, -0.1) is 0 Å². The number of rotatable bonds is 0. The standard InChI is InChI=1S/C7H12N.Sn.H/c1-2-4-7(3-1)5-8-6-7;;/h1-6H2;;/q-1;+1;. The van der Waals surface area contributed by atoms with Crippen molar-refractivity contribution in [3.05, 3.63) is 0 Å². The maximum absolute atomic E-state index is 2.57. The van der Waals surface area contributed by atoms with Gasteiger partial charge in [0.05, 0.1) is 0 Å². The molecular weight excluding hydrogens is 217 g/mol. The SMILES string of the molecule is [SnH][N]1CC2(CCCC2)C1. The van der Waals surface area contributed by atoms with E-state index in [0.717, 1.165) is 5.41 Å². The third-order valence-corrected chi connectivity index (χ3v) is 3.78. The van der Waals surface area contributed by atoms with Crippen molar-refractivity contribution < 1.29 is 0 Å². The molecule has 1 aliphatic carbocycles. The van der Waals surface area contributed by atoms with Crippen LogP contribution < -0.4 is 0 Å². The molecule has 1 spiro atoms. The van der Waals surface area contributed by atoms with Gasteiger partial charge in [-0.25, -0.2) is 0 Å². The molecule has 50 valence electrons. The van der Waals surface area contributed by atoms with Gasteiger partial charge < -0.3 is 0 Å². The molecule has 1 nitrogen and oxygen atoms in total. The Morgan fingerprint density at radius 2 is 1.67 bits per heavy atom. The second-order valence-corrected chi connectivity index (χ2v) is 5.70. The summed E-state index contributed by atoms with van der Waals surface area (Å²) in [7, 11) is 0. The fraction of sp³-hybridized carbons (Fsp3) is 1.00. The first kappa shape index (κ1) is 6.47. The Kier molecular flexibility index (Phi) is 1.53. The van der Waals surface area contributed by atoms with Crippen molar-refractivity contribution in [2.24, 2.45) is 5.41 Å². The third kappa shape index (κ3) is 1.02.